The van der Waals surface area contributed by atoms with Gasteiger partial charge in [0.15, 0.2) is 0 Å². The Morgan fingerprint density at radius 1 is 0.724 bits per heavy atom. The number of hydrogen-bond donors (Lipinski definition) is 0. The quantitative estimate of drug-likeness (QED) is 0.362. The Hall–Kier alpha value is -2.43. The zero-order valence-corrected chi connectivity index (χ0v) is 17.9. The minimum atomic E-state index is 1.08. The van der Waals surface area contributed by atoms with Crippen LogP contribution in [-0.2, 0) is 12.8 Å². The smallest absolute Gasteiger partial charge is 0.0815 e. The highest BCUT2D eigenvalue weighted by atomic mass is 32.1. The molecule has 29 heavy (non-hydrogen) atoms. The van der Waals surface area contributed by atoms with Crippen molar-refractivity contribution in [3.05, 3.63) is 70.4 Å². The molecule has 0 saturated heterocycles. The summed E-state index contributed by atoms with van der Waals surface area (Å²) in [5.74, 6) is 0. The molecule has 0 saturated carbocycles. The molecule has 0 atom stereocenters. The number of hydrogen-bond acceptors (Lipinski definition) is 4. The van der Waals surface area contributed by atoms with Gasteiger partial charge in [-0.3, -0.25) is 0 Å². The molecule has 2 aliphatic heterocycles. The average Bonchev–Trinajstić information content (AvgIpc) is 3.48. The number of thiophene rings is 2. The SMILES string of the molecule is c1csc(-c2cc(-c3cc4c5c(c3)CCCN5CCC4)cc(-c3cccs3)n2)c1. The average molecular weight is 415 g/mol. The molecule has 0 spiro atoms. The van der Waals surface area contributed by atoms with E-state index in [0.29, 0.717) is 0 Å². The highest BCUT2D eigenvalue weighted by Gasteiger charge is 2.24. The van der Waals surface area contributed by atoms with Gasteiger partial charge in [0.1, 0.15) is 0 Å². The lowest BCUT2D eigenvalue weighted by Crippen LogP contribution is -2.34. The number of aromatic nitrogens is 1. The first kappa shape index (κ1) is 17.4. The van der Waals surface area contributed by atoms with E-state index in [2.05, 4.69) is 64.2 Å². The van der Waals surface area contributed by atoms with Crippen molar-refractivity contribution in [1.29, 1.82) is 0 Å². The molecule has 0 bridgehead atoms. The fourth-order valence-corrected chi connectivity index (χ4v) is 6.14. The lowest BCUT2D eigenvalue weighted by molar-refractivity contribution is 0.634. The van der Waals surface area contributed by atoms with Crippen LogP contribution in [0.5, 0.6) is 0 Å². The maximum Gasteiger partial charge on any atom is 0.0815 e. The Morgan fingerprint density at radius 3 is 1.79 bits per heavy atom. The van der Waals surface area contributed by atoms with Gasteiger partial charge in [-0.2, -0.15) is 0 Å². The van der Waals surface area contributed by atoms with Crippen molar-refractivity contribution in [2.24, 2.45) is 0 Å². The molecule has 144 valence electrons. The van der Waals surface area contributed by atoms with Gasteiger partial charge in [-0.1, -0.05) is 12.1 Å². The number of pyridine rings is 1. The topological polar surface area (TPSA) is 16.1 Å². The van der Waals surface area contributed by atoms with Crippen molar-refractivity contribution in [3.63, 3.8) is 0 Å². The minimum Gasteiger partial charge on any atom is -0.371 e. The molecule has 0 radical (unpaired) electrons. The van der Waals surface area contributed by atoms with E-state index in [1.165, 1.54) is 76.5 Å². The van der Waals surface area contributed by atoms with E-state index in [0.717, 1.165) is 11.4 Å². The van der Waals surface area contributed by atoms with E-state index in [1.54, 1.807) is 22.7 Å². The largest absolute Gasteiger partial charge is 0.371 e. The fraction of sp³-hybridized carbons (Fsp3) is 0.240. The summed E-state index contributed by atoms with van der Waals surface area (Å²) in [6.45, 7) is 2.44. The lowest BCUT2D eigenvalue weighted by Gasteiger charge is -2.37. The van der Waals surface area contributed by atoms with Gasteiger partial charge in [-0.05, 0) is 95.1 Å². The molecule has 0 fully saturated rings. The first-order valence-corrected chi connectivity index (χ1v) is 12.1. The molecule has 1 aromatic carbocycles. The molecule has 0 unspecified atom stereocenters. The van der Waals surface area contributed by atoms with Gasteiger partial charge in [-0.25, -0.2) is 4.98 Å². The molecule has 6 rings (SSSR count). The van der Waals surface area contributed by atoms with E-state index < -0.39 is 0 Å². The van der Waals surface area contributed by atoms with Gasteiger partial charge in [0.05, 0.1) is 21.1 Å². The third kappa shape index (κ3) is 3.11. The van der Waals surface area contributed by atoms with Crippen LogP contribution in [0.25, 0.3) is 32.3 Å². The fourth-order valence-electron chi connectivity index (χ4n) is 4.77. The van der Waals surface area contributed by atoms with Crippen LogP contribution in [0.3, 0.4) is 0 Å². The third-order valence-corrected chi connectivity index (χ3v) is 7.82. The number of nitrogens with zero attached hydrogens (tertiary/aromatic N) is 2. The van der Waals surface area contributed by atoms with Crippen LogP contribution in [0.4, 0.5) is 5.69 Å². The van der Waals surface area contributed by atoms with Crippen LogP contribution in [-0.4, -0.2) is 18.1 Å². The molecule has 3 aromatic heterocycles. The van der Waals surface area contributed by atoms with Gasteiger partial charge in [0, 0.05) is 18.8 Å². The minimum absolute atomic E-state index is 1.08. The Labute approximate surface area is 179 Å². The highest BCUT2D eigenvalue weighted by molar-refractivity contribution is 7.13. The number of anilines is 1. The van der Waals surface area contributed by atoms with E-state index in [4.69, 9.17) is 4.98 Å². The second kappa shape index (κ2) is 7.12. The summed E-state index contributed by atoms with van der Waals surface area (Å²) < 4.78 is 0. The van der Waals surface area contributed by atoms with Crippen molar-refractivity contribution >= 4 is 28.4 Å². The van der Waals surface area contributed by atoms with Crippen molar-refractivity contribution in [2.75, 3.05) is 18.0 Å². The summed E-state index contributed by atoms with van der Waals surface area (Å²) >= 11 is 3.52. The molecule has 4 aromatic rings. The maximum absolute atomic E-state index is 5.01. The third-order valence-electron chi connectivity index (χ3n) is 6.04. The Kier molecular flexibility index (Phi) is 4.28. The highest BCUT2D eigenvalue weighted by Crippen LogP contribution is 2.40. The molecular formula is C25H22N2S2. The second-order valence-electron chi connectivity index (χ2n) is 7.92. The first-order chi connectivity index (χ1) is 14.3. The normalized spacial score (nSPS) is 15.4. The second-order valence-corrected chi connectivity index (χ2v) is 9.81. The monoisotopic (exact) mass is 414 g/mol. The standard InChI is InChI=1S/C25H22N2S2/c1-5-17-13-19(14-18-6-2-10-27(9-1)25(17)18)20-15-21(23-7-3-11-28-23)26-22(16-20)24-8-4-12-29-24/h3-4,7-8,11-16H,1-2,5-6,9-10H2. The maximum atomic E-state index is 5.01. The van der Waals surface area contributed by atoms with E-state index in [9.17, 15) is 0 Å². The van der Waals surface area contributed by atoms with Crippen LogP contribution < -0.4 is 4.90 Å². The molecule has 5 heterocycles. The van der Waals surface area contributed by atoms with Gasteiger partial charge >= 0.3 is 0 Å². The Balaban J connectivity index is 1.53. The molecule has 0 amide bonds. The first-order valence-electron chi connectivity index (χ1n) is 10.4. The van der Waals surface area contributed by atoms with E-state index >= 15 is 0 Å². The summed E-state index contributed by atoms with van der Waals surface area (Å²) in [6, 6.07) is 18.0. The Morgan fingerprint density at radius 2 is 1.28 bits per heavy atom. The molecular weight excluding hydrogens is 392 g/mol. The predicted molar refractivity (Wildman–Crippen MR) is 125 cm³/mol. The van der Waals surface area contributed by atoms with Gasteiger partial charge in [0.25, 0.3) is 0 Å². The summed E-state index contributed by atoms with van der Waals surface area (Å²) in [6.07, 6.45) is 4.95. The number of benzene rings is 1. The van der Waals surface area contributed by atoms with Gasteiger partial charge < -0.3 is 4.90 Å². The van der Waals surface area contributed by atoms with E-state index in [1.807, 2.05) is 0 Å². The van der Waals surface area contributed by atoms with Crippen molar-refractivity contribution < 1.29 is 0 Å². The zero-order chi connectivity index (χ0) is 19.2. The van der Waals surface area contributed by atoms with Crippen molar-refractivity contribution in [2.45, 2.75) is 25.7 Å². The summed E-state index contributed by atoms with van der Waals surface area (Å²) in [7, 11) is 0. The molecule has 2 nitrogen and oxygen atoms in total. The van der Waals surface area contributed by atoms with Gasteiger partial charge in [-0.15, -0.1) is 22.7 Å². The predicted octanol–water partition coefficient (Wildman–Crippen LogP) is 6.90. The summed E-state index contributed by atoms with van der Waals surface area (Å²) in [5, 5.41) is 4.26. The zero-order valence-electron chi connectivity index (χ0n) is 16.2. The lowest BCUT2D eigenvalue weighted by atomic mass is 9.88. The van der Waals surface area contributed by atoms with Crippen molar-refractivity contribution in [3.8, 4) is 32.3 Å². The van der Waals surface area contributed by atoms with Crippen molar-refractivity contribution in [1.82, 2.24) is 4.98 Å². The van der Waals surface area contributed by atoms with Crippen LogP contribution in [0.1, 0.15) is 24.0 Å². The van der Waals surface area contributed by atoms with E-state index in [-0.39, 0.29) is 0 Å². The van der Waals surface area contributed by atoms with Crippen LogP contribution in [0, 0.1) is 0 Å². The van der Waals surface area contributed by atoms with Gasteiger partial charge in [0.2, 0.25) is 0 Å². The Bertz CT molecular complexity index is 1080. The summed E-state index contributed by atoms with van der Waals surface area (Å²) in [5.41, 5.74) is 9.40. The molecule has 2 aliphatic rings. The van der Waals surface area contributed by atoms with Crippen LogP contribution in [0.2, 0.25) is 0 Å². The molecule has 0 aliphatic carbocycles. The number of aryl methyl sites for hydroxylation is 2. The molecule has 0 N–H and O–H groups in total. The van der Waals surface area contributed by atoms with Crippen LogP contribution >= 0.6 is 22.7 Å². The molecule has 4 heteroatoms. The van der Waals surface area contributed by atoms with Crippen LogP contribution in [0.15, 0.2) is 59.3 Å². The number of rotatable bonds is 3. The summed E-state index contributed by atoms with van der Waals surface area (Å²) in [4.78, 5) is 10.1.